The standard InChI is InChI=1S/C21H23ClN4S/c1-25(14-8-11-17-9-4-3-5-10-17)15-20-23-24-21(26(20)2)27-16-18-12-6-7-13-19(18)22/h3-13H,14-16H2,1-2H3. The normalized spacial score (nSPS) is 11.6. The fraction of sp³-hybridized carbons (Fsp3) is 0.238. The molecule has 0 aliphatic carbocycles. The summed E-state index contributed by atoms with van der Waals surface area (Å²) in [6, 6.07) is 18.2. The van der Waals surface area contributed by atoms with Gasteiger partial charge in [-0.25, -0.2) is 0 Å². The number of aromatic nitrogens is 3. The molecule has 6 heteroatoms. The van der Waals surface area contributed by atoms with E-state index in [2.05, 4.69) is 51.0 Å². The summed E-state index contributed by atoms with van der Waals surface area (Å²) in [5.74, 6) is 1.73. The summed E-state index contributed by atoms with van der Waals surface area (Å²) in [4.78, 5) is 2.21. The van der Waals surface area contributed by atoms with Crippen molar-refractivity contribution in [2.24, 2.45) is 7.05 Å². The van der Waals surface area contributed by atoms with Crippen LogP contribution in [0.25, 0.3) is 6.08 Å². The number of benzene rings is 2. The highest BCUT2D eigenvalue weighted by Gasteiger charge is 2.11. The Morgan fingerprint density at radius 2 is 1.81 bits per heavy atom. The third-order valence-corrected chi connectivity index (χ3v) is 5.62. The third-order valence-electron chi connectivity index (χ3n) is 4.18. The second-order valence-corrected chi connectivity index (χ2v) is 7.70. The number of likely N-dealkylation sites (N-methyl/N-ethyl adjacent to an activating group) is 1. The van der Waals surface area contributed by atoms with Crippen molar-refractivity contribution in [1.29, 1.82) is 0 Å². The highest BCUT2D eigenvalue weighted by molar-refractivity contribution is 7.98. The van der Waals surface area contributed by atoms with Gasteiger partial charge in [0.05, 0.1) is 6.54 Å². The zero-order valence-corrected chi connectivity index (χ0v) is 17.1. The van der Waals surface area contributed by atoms with Gasteiger partial charge in [-0.3, -0.25) is 4.90 Å². The molecular weight excluding hydrogens is 376 g/mol. The van der Waals surface area contributed by atoms with E-state index in [4.69, 9.17) is 11.6 Å². The fourth-order valence-electron chi connectivity index (χ4n) is 2.61. The Hall–Kier alpha value is -2.08. The van der Waals surface area contributed by atoms with Crippen LogP contribution >= 0.6 is 23.4 Å². The summed E-state index contributed by atoms with van der Waals surface area (Å²) in [6.45, 7) is 1.60. The van der Waals surface area contributed by atoms with Gasteiger partial charge in [-0.2, -0.15) is 0 Å². The molecule has 0 saturated carbocycles. The van der Waals surface area contributed by atoms with E-state index in [-0.39, 0.29) is 0 Å². The summed E-state index contributed by atoms with van der Waals surface area (Å²) in [5, 5.41) is 10.4. The molecule has 0 atom stereocenters. The molecule has 0 fully saturated rings. The van der Waals surface area contributed by atoms with E-state index in [1.807, 2.05) is 49.5 Å². The molecule has 2 aromatic carbocycles. The van der Waals surface area contributed by atoms with Gasteiger partial charge in [-0.1, -0.05) is 84.0 Å². The summed E-state index contributed by atoms with van der Waals surface area (Å²) in [5.41, 5.74) is 2.32. The molecule has 0 spiro atoms. The van der Waals surface area contributed by atoms with Gasteiger partial charge < -0.3 is 4.57 Å². The van der Waals surface area contributed by atoms with Gasteiger partial charge in [0.1, 0.15) is 5.82 Å². The number of rotatable bonds is 8. The van der Waals surface area contributed by atoms with Crippen LogP contribution in [0, 0.1) is 0 Å². The number of thioether (sulfide) groups is 1. The maximum atomic E-state index is 6.23. The molecule has 1 heterocycles. The average molecular weight is 399 g/mol. The second kappa shape index (κ2) is 9.74. The topological polar surface area (TPSA) is 34.0 Å². The first-order chi connectivity index (χ1) is 13.1. The molecule has 0 unspecified atom stereocenters. The Balaban J connectivity index is 1.53. The molecule has 0 bridgehead atoms. The van der Waals surface area contributed by atoms with Crippen LogP contribution in [0.2, 0.25) is 5.02 Å². The molecule has 0 aliphatic heterocycles. The first-order valence-corrected chi connectivity index (χ1v) is 10.1. The smallest absolute Gasteiger partial charge is 0.191 e. The highest BCUT2D eigenvalue weighted by Crippen LogP contribution is 2.25. The lowest BCUT2D eigenvalue weighted by atomic mass is 10.2. The SMILES string of the molecule is CN(CC=Cc1ccccc1)Cc1nnc(SCc2ccccc2Cl)n1C. The Morgan fingerprint density at radius 3 is 2.59 bits per heavy atom. The van der Waals surface area contributed by atoms with E-state index in [1.165, 1.54) is 5.56 Å². The summed E-state index contributed by atoms with van der Waals surface area (Å²) in [7, 11) is 4.10. The van der Waals surface area contributed by atoms with Gasteiger partial charge in [0.25, 0.3) is 0 Å². The third kappa shape index (κ3) is 5.70. The lowest BCUT2D eigenvalue weighted by Crippen LogP contribution is -2.20. The Labute approximate surface area is 169 Å². The van der Waals surface area contributed by atoms with E-state index in [9.17, 15) is 0 Å². The highest BCUT2D eigenvalue weighted by atomic mass is 35.5. The lowest BCUT2D eigenvalue weighted by Gasteiger charge is -2.13. The predicted molar refractivity (Wildman–Crippen MR) is 114 cm³/mol. The molecule has 0 aliphatic rings. The summed E-state index contributed by atoms with van der Waals surface area (Å²) < 4.78 is 2.05. The molecule has 3 aromatic rings. The van der Waals surface area contributed by atoms with Gasteiger partial charge in [-0.15, -0.1) is 10.2 Å². The zero-order chi connectivity index (χ0) is 19.1. The summed E-state index contributed by atoms with van der Waals surface area (Å²) in [6.07, 6.45) is 4.30. The molecule has 0 amide bonds. The molecule has 27 heavy (non-hydrogen) atoms. The molecule has 1 aromatic heterocycles. The Morgan fingerprint density at radius 1 is 1.07 bits per heavy atom. The number of hydrogen-bond acceptors (Lipinski definition) is 4. The Bertz CT molecular complexity index is 892. The number of hydrogen-bond donors (Lipinski definition) is 0. The van der Waals surface area contributed by atoms with Gasteiger partial charge >= 0.3 is 0 Å². The van der Waals surface area contributed by atoms with Crippen molar-refractivity contribution < 1.29 is 0 Å². The van der Waals surface area contributed by atoms with E-state index in [0.717, 1.165) is 40.4 Å². The largest absolute Gasteiger partial charge is 0.308 e. The van der Waals surface area contributed by atoms with Gasteiger partial charge in [0, 0.05) is 24.4 Å². The average Bonchev–Trinajstić information content (AvgIpc) is 3.02. The van der Waals surface area contributed by atoms with Crippen molar-refractivity contribution >= 4 is 29.4 Å². The zero-order valence-electron chi connectivity index (χ0n) is 15.5. The minimum atomic E-state index is 0.745. The van der Waals surface area contributed by atoms with Gasteiger partial charge in [0.2, 0.25) is 0 Å². The minimum absolute atomic E-state index is 0.745. The van der Waals surface area contributed by atoms with Crippen molar-refractivity contribution in [3.05, 3.63) is 82.6 Å². The van der Waals surface area contributed by atoms with E-state index >= 15 is 0 Å². The minimum Gasteiger partial charge on any atom is -0.308 e. The van der Waals surface area contributed by atoms with Crippen molar-refractivity contribution in [1.82, 2.24) is 19.7 Å². The molecule has 0 saturated heterocycles. The quantitative estimate of drug-likeness (QED) is 0.505. The molecule has 140 valence electrons. The molecule has 0 N–H and O–H groups in total. The fourth-order valence-corrected chi connectivity index (χ4v) is 3.82. The van der Waals surface area contributed by atoms with Crippen LogP contribution in [-0.2, 0) is 19.3 Å². The van der Waals surface area contributed by atoms with Crippen LogP contribution in [-0.4, -0.2) is 33.3 Å². The molecule has 0 radical (unpaired) electrons. The van der Waals surface area contributed by atoms with E-state index in [0.29, 0.717) is 0 Å². The van der Waals surface area contributed by atoms with Crippen LogP contribution < -0.4 is 0 Å². The van der Waals surface area contributed by atoms with Gasteiger partial charge in [-0.05, 0) is 24.2 Å². The van der Waals surface area contributed by atoms with Crippen molar-refractivity contribution in [3.8, 4) is 0 Å². The number of halogens is 1. The maximum Gasteiger partial charge on any atom is 0.191 e. The second-order valence-electron chi connectivity index (χ2n) is 6.35. The first-order valence-electron chi connectivity index (χ1n) is 8.78. The molecule has 4 nitrogen and oxygen atoms in total. The molecule has 3 rings (SSSR count). The predicted octanol–water partition coefficient (Wildman–Crippen LogP) is 4.91. The van der Waals surface area contributed by atoms with Crippen LogP contribution in [0.4, 0.5) is 0 Å². The molecular formula is C21H23ClN4S. The first kappa shape index (κ1) is 19.7. The van der Waals surface area contributed by atoms with Crippen molar-refractivity contribution in [2.45, 2.75) is 17.5 Å². The van der Waals surface area contributed by atoms with Crippen LogP contribution in [0.3, 0.4) is 0 Å². The van der Waals surface area contributed by atoms with E-state index < -0.39 is 0 Å². The van der Waals surface area contributed by atoms with E-state index in [1.54, 1.807) is 11.8 Å². The monoisotopic (exact) mass is 398 g/mol. The lowest BCUT2D eigenvalue weighted by molar-refractivity contribution is 0.347. The number of nitrogens with zero attached hydrogens (tertiary/aromatic N) is 4. The van der Waals surface area contributed by atoms with Crippen LogP contribution in [0.15, 0.2) is 65.8 Å². The van der Waals surface area contributed by atoms with Crippen LogP contribution in [0.1, 0.15) is 17.0 Å². The summed E-state index contributed by atoms with van der Waals surface area (Å²) >= 11 is 7.88. The van der Waals surface area contributed by atoms with Crippen molar-refractivity contribution in [2.75, 3.05) is 13.6 Å². The van der Waals surface area contributed by atoms with Crippen LogP contribution in [0.5, 0.6) is 0 Å². The van der Waals surface area contributed by atoms with Crippen molar-refractivity contribution in [3.63, 3.8) is 0 Å². The maximum absolute atomic E-state index is 6.23. The Kier molecular flexibility index (Phi) is 7.10. The van der Waals surface area contributed by atoms with Gasteiger partial charge in [0.15, 0.2) is 5.16 Å².